The summed E-state index contributed by atoms with van der Waals surface area (Å²) >= 11 is 1.41. The lowest BCUT2D eigenvalue weighted by Gasteiger charge is -2.05. The molecule has 0 spiro atoms. The van der Waals surface area contributed by atoms with E-state index in [4.69, 9.17) is 0 Å². The van der Waals surface area contributed by atoms with E-state index >= 15 is 0 Å². The van der Waals surface area contributed by atoms with E-state index < -0.39 is 0 Å². The Morgan fingerprint density at radius 3 is 2.43 bits per heavy atom. The number of rotatable bonds is 2. The molecule has 0 radical (unpaired) electrons. The van der Waals surface area contributed by atoms with Crippen molar-refractivity contribution in [3.63, 3.8) is 0 Å². The van der Waals surface area contributed by atoms with Gasteiger partial charge in [-0.1, -0.05) is 47.7 Å². The molecule has 1 heterocycles. The average Bonchev–Trinajstić information content (AvgIpc) is 3.00. The summed E-state index contributed by atoms with van der Waals surface area (Å²) in [6.07, 6.45) is 0. The molecule has 6 heteroatoms. The lowest BCUT2D eigenvalue weighted by atomic mass is 10.1. The third-order valence-electron chi connectivity index (χ3n) is 3.50. The van der Waals surface area contributed by atoms with E-state index in [1.54, 1.807) is 24.3 Å². The van der Waals surface area contributed by atoms with Crippen molar-refractivity contribution in [1.82, 2.24) is 4.98 Å². The molecule has 0 bridgehead atoms. The molecule has 4 rings (SSSR count). The van der Waals surface area contributed by atoms with E-state index in [2.05, 4.69) is 15.2 Å². The number of para-hydroxylation sites is 1. The summed E-state index contributed by atoms with van der Waals surface area (Å²) in [7, 11) is 0. The van der Waals surface area contributed by atoms with Gasteiger partial charge >= 0.3 is 0 Å². The van der Waals surface area contributed by atoms with Crippen LogP contribution in [-0.2, 0) is 0 Å². The normalized spacial score (nSPS) is 11.7. The zero-order valence-electron chi connectivity index (χ0n) is 11.8. The summed E-state index contributed by atoms with van der Waals surface area (Å²) in [5, 5.41) is 30.1. The van der Waals surface area contributed by atoms with Gasteiger partial charge in [0.25, 0.3) is 0 Å². The molecule has 1 aromatic heterocycles. The Morgan fingerprint density at radius 1 is 0.870 bits per heavy atom. The van der Waals surface area contributed by atoms with Crippen molar-refractivity contribution in [1.29, 1.82) is 0 Å². The number of benzene rings is 3. The summed E-state index contributed by atoms with van der Waals surface area (Å²) in [6, 6.07) is 16.2. The Labute approximate surface area is 135 Å². The Morgan fingerprint density at radius 2 is 1.61 bits per heavy atom. The lowest BCUT2D eigenvalue weighted by molar-refractivity contribution is 0.470. The summed E-state index contributed by atoms with van der Waals surface area (Å²) in [4.78, 5) is 4.36. The van der Waals surface area contributed by atoms with Gasteiger partial charge < -0.3 is 10.2 Å². The topological polar surface area (TPSA) is 78.1 Å². The van der Waals surface area contributed by atoms with Crippen LogP contribution in [0.3, 0.4) is 0 Å². The van der Waals surface area contributed by atoms with E-state index in [1.165, 1.54) is 17.4 Å². The zero-order valence-corrected chi connectivity index (χ0v) is 12.7. The second kappa shape index (κ2) is 5.33. The van der Waals surface area contributed by atoms with Gasteiger partial charge in [0.2, 0.25) is 5.13 Å². The van der Waals surface area contributed by atoms with Crippen LogP contribution in [0.15, 0.2) is 64.8 Å². The molecular weight excluding hydrogens is 310 g/mol. The molecule has 5 nitrogen and oxygen atoms in total. The number of phenolic OH excluding ortho intramolecular Hbond substituents is 2. The van der Waals surface area contributed by atoms with Crippen LogP contribution in [0.1, 0.15) is 0 Å². The van der Waals surface area contributed by atoms with Crippen molar-refractivity contribution in [2.75, 3.05) is 0 Å². The van der Waals surface area contributed by atoms with E-state index in [-0.39, 0.29) is 17.2 Å². The fourth-order valence-electron chi connectivity index (χ4n) is 2.40. The minimum atomic E-state index is -0.0109. The molecule has 0 aliphatic rings. The van der Waals surface area contributed by atoms with Crippen molar-refractivity contribution in [3.05, 3.63) is 54.6 Å². The first-order valence-corrected chi connectivity index (χ1v) is 7.75. The molecule has 0 saturated heterocycles. The highest BCUT2D eigenvalue weighted by Crippen LogP contribution is 2.41. The first kappa shape index (κ1) is 13.7. The fourth-order valence-corrected chi connectivity index (χ4v) is 3.19. The highest BCUT2D eigenvalue weighted by molar-refractivity contribution is 7.21. The molecular formula is C17H11N3O2S. The minimum absolute atomic E-state index is 0.0109. The molecule has 0 atom stereocenters. The van der Waals surface area contributed by atoms with Crippen LogP contribution >= 0.6 is 11.3 Å². The summed E-state index contributed by atoms with van der Waals surface area (Å²) in [5.41, 5.74) is 1.07. The Kier molecular flexibility index (Phi) is 3.17. The highest BCUT2D eigenvalue weighted by atomic mass is 32.1. The van der Waals surface area contributed by atoms with Gasteiger partial charge in [0, 0.05) is 16.8 Å². The van der Waals surface area contributed by atoms with Crippen molar-refractivity contribution in [2.45, 2.75) is 0 Å². The number of phenols is 2. The monoisotopic (exact) mass is 321 g/mol. The van der Waals surface area contributed by atoms with Crippen molar-refractivity contribution < 1.29 is 10.2 Å². The standard InChI is InChI=1S/C17H11N3O2S/c21-14-9-13(16(22)11-6-2-1-5-10(11)14)19-20-17-18-12-7-3-4-8-15(12)23-17/h1-9,21-22H. The second-order valence-corrected chi connectivity index (χ2v) is 5.98. The fraction of sp³-hybridized carbons (Fsp3) is 0. The van der Waals surface area contributed by atoms with Crippen LogP contribution < -0.4 is 0 Å². The largest absolute Gasteiger partial charge is 0.507 e. The number of fused-ring (bicyclic) bond motifs is 2. The van der Waals surface area contributed by atoms with Crippen LogP contribution in [0, 0.1) is 0 Å². The van der Waals surface area contributed by atoms with Crippen LogP contribution in [0.25, 0.3) is 21.0 Å². The molecule has 0 saturated carbocycles. The zero-order chi connectivity index (χ0) is 15.8. The molecule has 112 valence electrons. The maximum absolute atomic E-state index is 10.3. The maximum atomic E-state index is 10.3. The summed E-state index contributed by atoms with van der Waals surface area (Å²) in [6.45, 7) is 0. The van der Waals surface area contributed by atoms with Gasteiger partial charge in [0.1, 0.15) is 11.4 Å². The lowest BCUT2D eigenvalue weighted by Crippen LogP contribution is -1.76. The number of thiazole rings is 1. The summed E-state index contributed by atoms with van der Waals surface area (Å²) < 4.78 is 1.02. The second-order valence-electron chi connectivity index (χ2n) is 4.97. The van der Waals surface area contributed by atoms with Gasteiger partial charge in [0.15, 0.2) is 5.75 Å². The highest BCUT2D eigenvalue weighted by Gasteiger charge is 2.10. The predicted octanol–water partition coefficient (Wildman–Crippen LogP) is 5.28. The van der Waals surface area contributed by atoms with Crippen molar-refractivity contribution in [2.24, 2.45) is 10.2 Å². The molecule has 4 aromatic rings. The molecule has 23 heavy (non-hydrogen) atoms. The van der Waals surface area contributed by atoms with Crippen LogP contribution in [0.2, 0.25) is 0 Å². The molecule has 0 fully saturated rings. The molecule has 0 unspecified atom stereocenters. The van der Waals surface area contributed by atoms with Crippen molar-refractivity contribution >= 4 is 43.1 Å². The molecule has 0 amide bonds. The molecule has 3 aromatic carbocycles. The molecule has 2 N–H and O–H groups in total. The van der Waals surface area contributed by atoms with Gasteiger partial charge in [0.05, 0.1) is 10.2 Å². The van der Waals surface area contributed by atoms with Crippen LogP contribution in [-0.4, -0.2) is 15.2 Å². The Hall–Kier alpha value is -2.99. The number of hydrogen-bond acceptors (Lipinski definition) is 6. The van der Waals surface area contributed by atoms with E-state index in [1.807, 2.05) is 24.3 Å². The number of aromatic nitrogens is 1. The Balaban J connectivity index is 1.78. The number of hydrogen-bond donors (Lipinski definition) is 2. The first-order chi connectivity index (χ1) is 11.2. The quantitative estimate of drug-likeness (QED) is 0.389. The SMILES string of the molecule is Oc1cc(N=Nc2nc3ccccc3s2)c(O)c2ccccc12. The summed E-state index contributed by atoms with van der Waals surface area (Å²) in [5.74, 6) is 0.0416. The van der Waals surface area contributed by atoms with Crippen LogP contribution in [0.5, 0.6) is 11.5 Å². The van der Waals surface area contributed by atoms with E-state index in [0.29, 0.717) is 15.9 Å². The van der Waals surface area contributed by atoms with Crippen LogP contribution in [0.4, 0.5) is 10.8 Å². The first-order valence-electron chi connectivity index (χ1n) is 6.93. The minimum Gasteiger partial charge on any atom is -0.507 e. The average molecular weight is 321 g/mol. The number of nitrogens with zero attached hydrogens (tertiary/aromatic N) is 3. The maximum Gasteiger partial charge on any atom is 0.231 e. The predicted molar refractivity (Wildman–Crippen MR) is 91.1 cm³/mol. The molecule has 0 aliphatic heterocycles. The van der Waals surface area contributed by atoms with Crippen molar-refractivity contribution in [3.8, 4) is 11.5 Å². The number of azo groups is 1. The smallest absolute Gasteiger partial charge is 0.231 e. The van der Waals surface area contributed by atoms with Gasteiger partial charge in [-0.2, -0.15) is 0 Å². The van der Waals surface area contributed by atoms with E-state index in [9.17, 15) is 10.2 Å². The third kappa shape index (κ3) is 2.39. The number of aromatic hydroxyl groups is 2. The van der Waals surface area contributed by atoms with E-state index in [0.717, 1.165) is 10.2 Å². The van der Waals surface area contributed by atoms with Gasteiger partial charge in [-0.15, -0.1) is 10.2 Å². The molecule has 0 aliphatic carbocycles. The third-order valence-corrected chi connectivity index (χ3v) is 4.42. The van der Waals surface area contributed by atoms with Gasteiger partial charge in [-0.3, -0.25) is 0 Å². The van der Waals surface area contributed by atoms with Gasteiger partial charge in [-0.05, 0) is 12.1 Å². The Bertz CT molecular complexity index is 1020. The van der Waals surface area contributed by atoms with Gasteiger partial charge in [-0.25, -0.2) is 4.98 Å².